The van der Waals surface area contributed by atoms with Crippen LogP contribution >= 0.6 is 0 Å². The van der Waals surface area contributed by atoms with Crippen LogP contribution in [0.2, 0.25) is 0 Å². The molecule has 0 amide bonds. The second kappa shape index (κ2) is 6.42. The molecular weight excluding hydrogens is 286 g/mol. The number of nitrogens with zero attached hydrogens (tertiary/aromatic N) is 1. The zero-order chi connectivity index (χ0) is 15.5. The number of aromatic hydroxyl groups is 1. The third-order valence-electron chi connectivity index (χ3n) is 3.92. The Hall–Kier alpha value is -1.98. The topological polar surface area (TPSA) is 35.5 Å². The number of nitrogens with one attached hydrogen (secondary N) is 1. The maximum absolute atomic E-state index is 13.5. The number of phenolic OH excluding ortho intramolecular Hbond substituents is 1. The fourth-order valence-electron chi connectivity index (χ4n) is 2.94. The first kappa shape index (κ1) is 14.9. The van der Waals surface area contributed by atoms with Crippen molar-refractivity contribution in [3.8, 4) is 5.75 Å². The van der Waals surface area contributed by atoms with Crippen molar-refractivity contribution in [2.75, 3.05) is 19.6 Å². The quantitative estimate of drug-likeness (QED) is 0.915. The Balaban J connectivity index is 1.83. The van der Waals surface area contributed by atoms with E-state index in [0.29, 0.717) is 18.7 Å². The summed E-state index contributed by atoms with van der Waals surface area (Å²) in [5.41, 5.74) is 1.61. The van der Waals surface area contributed by atoms with E-state index in [2.05, 4.69) is 10.2 Å². The summed E-state index contributed by atoms with van der Waals surface area (Å²) in [6, 6.07) is 10.7. The molecule has 3 nitrogen and oxygen atoms in total. The van der Waals surface area contributed by atoms with E-state index in [1.165, 1.54) is 18.2 Å². The third kappa shape index (κ3) is 3.43. The number of phenols is 1. The van der Waals surface area contributed by atoms with Crippen molar-refractivity contribution in [2.24, 2.45) is 0 Å². The molecular formula is C17H18F2N2O. The number of hydrogen-bond donors (Lipinski definition) is 2. The Morgan fingerprint density at radius 2 is 2.00 bits per heavy atom. The summed E-state index contributed by atoms with van der Waals surface area (Å²) in [7, 11) is 0. The fraction of sp³-hybridized carbons (Fsp3) is 0.294. The summed E-state index contributed by atoms with van der Waals surface area (Å²) in [6.07, 6.45) is 0. The molecule has 22 heavy (non-hydrogen) atoms. The Morgan fingerprint density at radius 1 is 1.14 bits per heavy atom. The van der Waals surface area contributed by atoms with Gasteiger partial charge in [-0.15, -0.1) is 0 Å². The maximum atomic E-state index is 13.5. The van der Waals surface area contributed by atoms with Crippen LogP contribution in [0.25, 0.3) is 0 Å². The van der Waals surface area contributed by atoms with Gasteiger partial charge in [0, 0.05) is 38.3 Å². The lowest BCUT2D eigenvalue weighted by Crippen LogP contribution is -2.45. The van der Waals surface area contributed by atoms with Gasteiger partial charge in [0.05, 0.1) is 0 Å². The molecule has 2 aromatic rings. The monoisotopic (exact) mass is 304 g/mol. The summed E-state index contributed by atoms with van der Waals surface area (Å²) in [5, 5.41) is 12.8. The van der Waals surface area contributed by atoms with Crippen molar-refractivity contribution >= 4 is 0 Å². The van der Waals surface area contributed by atoms with Gasteiger partial charge in [0.1, 0.15) is 17.4 Å². The lowest BCUT2D eigenvalue weighted by atomic mass is 10.0. The van der Waals surface area contributed by atoms with Crippen molar-refractivity contribution < 1.29 is 13.9 Å². The van der Waals surface area contributed by atoms with Crippen LogP contribution < -0.4 is 5.32 Å². The van der Waals surface area contributed by atoms with Crippen LogP contribution in [-0.2, 0) is 6.54 Å². The Bertz CT molecular complexity index is 643. The molecule has 2 N–H and O–H groups in total. The molecule has 1 saturated heterocycles. The number of hydrogen-bond acceptors (Lipinski definition) is 3. The molecule has 0 radical (unpaired) electrons. The Labute approximate surface area is 128 Å². The second-order valence-corrected chi connectivity index (χ2v) is 5.56. The van der Waals surface area contributed by atoms with Crippen LogP contribution in [0.3, 0.4) is 0 Å². The molecule has 3 rings (SSSR count). The molecule has 0 spiro atoms. The van der Waals surface area contributed by atoms with E-state index in [9.17, 15) is 13.9 Å². The Morgan fingerprint density at radius 3 is 2.77 bits per heavy atom. The highest BCUT2D eigenvalue weighted by Gasteiger charge is 2.24. The lowest BCUT2D eigenvalue weighted by Gasteiger charge is -2.36. The third-order valence-corrected chi connectivity index (χ3v) is 3.92. The van der Waals surface area contributed by atoms with Gasteiger partial charge in [0.25, 0.3) is 0 Å². The zero-order valence-electron chi connectivity index (χ0n) is 12.1. The predicted octanol–water partition coefficient (Wildman–Crippen LogP) is 2.82. The van der Waals surface area contributed by atoms with Crippen molar-refractivity contribution in [3.63, 3.8) is 0 Å². The summed E-state index contributed by atoms with van der Waals surface area (Å²) >= 11 is 0. The van der Waals surface area contributed by atoms with Crippen LogP contribution in [0.5, 0.6) is 5.75 Å². The molecule has 0 aliphatic carbocycles. The van der Waals surface area contributed by atoms with E-state index in [4.69, 9.17) is 0 Å². The summed E-state index contributed by atoms with van der Waals surface area (Å²) < 4.78 is 26.9. The first-order chi connectivity index (χ1) is 10.6. The average molecular weight is 304 g/mol. The Kier molecular flexibility index (Phi) is 4.36. The molecule has 0 saturated carbocycles. The number of benzene rings is 2. The molecule has 1 aliphatic heterocycles. The van der Waals surface area contributed by atoms with Gasteiger partial charge in [-0.2, -0.15) is 0 Å². The molecule has 2 aromatic carbocycles. The van der Waals surface area contributed by atoms with Gasteiger partial charge in [0.2, 0.25) is 0 Å². The van der Waals surface area contributed by atoms with Crippen LogP contribution in [-0.4, -0.2) is 29.6 Å². The first-order valence-corrected chi connectivity index (χ1v) is 7.30. The van der Waals surface area contributed by atoms with Crippen molar-refractivity contribution in [3.05, 3.63) is 65.2 Å². The number of rotatable bonds is 3. The standard InChI is InChI=1S/C17H18F2N2O/c18-14-3-1-2-13(8-14)17-10-20-4-5-21(17)11-12-6-15(19)9-16(22)7-12/h1-3,6-9,17,20,22H,4-5,10-11H2. The molecule has 5 heteroatoms. The molecule has 1 heterocycles. The zero-order valence-corrected chi connectivity index (χ0v) is 12.1. The van der Waals surface area contributed by atoms with Gasteiger partial charge in [-0.1, -0.05) is 12.1 Å². The lowest BCUT2D eigenvalue weighted by molar-refractivity contribution is 0.153. The van der Waals surface area contributed by atoms with Gasteiger partial charge in [-0.25, -0.2) is 8.78 Å². The molecule has 0 bridgehead atoms. The minimum absolute atomic E-state index is 0.0230. The smallest absolute Gasteiger partial charge is 0.127 e. The molecule has 1 unspecified atom stereocenters. The molecule has 0 aromatic heterocycles. The summed E-state index contributed by atoms with van der Waals surface area (Å²) in [6.45, 7) is 2.82. The van der Waals surface area contributed by atoms with E-state index < -0.39 is 5.82 Å². The van der Waals surface area contributed by atoms with Crippen LogP contribution in [0.1, 0.15) is 17.2 Å². The summed E-state index contributed by atoms with van der Waals surface area (Å²) in [5.74, 6) is -0.786. The van der Waals surface area contributed by atoms with Gasteiger partial charge >= 0.3 is 0 Å². The predicted molar refractivity (Wildman–Crippen MR) is 80.5 cm³/mol. The molecule has 116 valence electrons. The minimum Gasteiger partial charge on any atom is -0.508 e. The highest BCUT2D eigenvalue weighted by atomic mass is 19.1. The summed E-state index contributed by atoms with van der Waals surface area (Å²) in [4.78, 5) is 2.17. The molecule has 1 atom stereocenters. The van der Waals surface area contributed by atoms with E-state index in [1.807, 2.05) is 6.07 Å². The van der Waals surface area contributed by atoms with E-state index in [0.717, 1.165) is 24.7 Å². The van der Waals surface area contributed by atoms with Gasteiger partial charge in [-0.05, 0) is 35.4 Å². The molecule has 1 fully saturated rings. The van der Waals surface area contributed by atoms with Gasteiger partial charge in [-0.3, -0.25) is 4.90 Å². The van der Waals surface area contributed by atoms with Crippen molar-refractivity contribution in [1.82, 2.24) is 10.2 Å². The van der Waals surface area contributed by atoms with Crippen LogP contribution in [0.15, 0.2) is 42.5 Å². The van der Waals surface area contributed by atoms with Gasteiger partial charge < -0.3 is 10.4 Å². The highest BCUT2D eigenvalue weighted by Crippen LogP contribution is 2.26. The number of halogens is 2. The molecule has 1 aliphatic rings. The fourth-order valence-corrected chi connectivity index (χ4v) is 2.94. The van der Waals surface area contributed by atoms with E-state index >= 15 is 0 Å². The van der Waals surface area contributed by atoms with Crippen LogP contribution in [0.4, 0.5) is 8.78 Å². The second-order valence-electron chi connectivity index (χ2n) is 5.56. The normalized spacial score (nSPS) is 19.3. The largest absolute Gasteiger partial charge is 0.508 e. The van der Waals surface area contributed by atoms with E-state index in [1.54, 1.807) is 12.1 Å². The van der Waals surface area contributed by atoms with Crippen molar-refractivity contribution in [1.29, 1.82) is 0 Å². The highest BCUT2D eigenvalue weighted by molar-refractivity contribution is 5.29. The maximum Gasteiger partial charge on any atom is 0.127 e. The van der Waals surface area contributed by atoms with Crippen molar-refractivity contribution in [2.45, 2.75) is 12.6 Å². The average Bonchev–Trinajstić information content (AvgIpc) is 2.46. The minimum atomic E-state index is -0.451. The first-order valence-electron chi connectivity index (χ1n) is 7.30. The van der Waals surface area contributed by atoms with Crippen LogP contribution in [0, 0.1) is 11.6 Å². The number of piperazine rings is 1. The SMILES string of the molecule is Oc1cc(F)cc(CN2CCNCC2c2cccc(F)c2)c1. The van der Waals surface area contributed by atoms with Gasteiger partial charge in [0.15, 0.2) is 0 Å². The van der Waals surface area contributed by atoms with E-state index in [-0.39, 0.29) is 17.6 Å².